The molecule has 0 amide bonds. The summed E-state index contributed by atoms with van der Waals surface area (Å²) < 4.78 is 12.3. The highest BCUT2D eigenvalue weighted by Gasteiger charge is 2.25. The van der Waals surface area contributed by atoms with Crippen LogP contribution < -0.4 is 4.74 Å². The number of nitrogens with zero attached hydrogens (tertiary/aromatic N) is 2. The smallest absolute Gasteiger partial charge is 0.188 e. The molecule has 0 aliphatic heterocycles. The number of ether oxygens (including phenoxy) is 2. The first kappa shape index (κ1) is 13.8. The van der Waals surface area contributed by atoms with Gasteiger partial charge in [-0.1, -0.05) is 0 Å². The zero-order chi connectivity index (χ0) is 14.8. The maximum absolute atomic E-state index is 11.8. The van der Waals surface area contributed by atoms with Gasteiger partial charge in [0.1, 0.15) is 5.75 Å². The molecule has 110 valence electrons. The third kappa shape index (κ3) is 2.97. The Morgan fingerprint density at radius 3 is 2.90 bits per heavy atom. The van der Waals surface area contributed by atoms with Crippen LogP contribution >= 0.6 is 0 Å². The second-order valence-electron chi connectivity index (χ2n) is 5.27. The van der Waals surface area contributed by atoms with Crippen molar-refractivity contribution >= 4 is 5.78 Å². The van der Waals surface area contributed by atoms with Crippen molar-refractivity contribution in [2.24, 2.45) is 0 Å². The van der Waals surface area contributed by atoms with Crippen molar-refractivity contribution in [3.05, 3.63) is 42.0 Å². The topological polar surface area (TPSA) is 53.4 Å². The number of Topliss-reactive ketones (excluding diaryl/α,β-unsaturated/α-hetero) is 1. The Bertz CT molecular complexity index is 659. The van der Waals surface area contributed by atoms with Crippen LogP contribution in [0.5, 0.6) is 5.75 Å². The molecule has 0 unspecified atom stereocenters. The molecule has 0 bridgehead atoms. The molecule has 1 fully saturated rings. The van der Waals surface area contributed by atoms with E-state index in [-0.39, 0.29) is 12.6 Å². The van der Waals surface area contributed by atoms with E-state index < -0.39 is 0 Å². The summed E-state index contributed by atoms with van der Waals surface area (Å²) in [6, 6.07) is 5.53. The maximum Gasteiger partial charge on any atom is 0.188 e. The van der Waals surface area contributed by atoms with Gasteiger partial charge < -0.3 is 14.0 Å². The van der Waals surface area contributed by atoms with Crippen LogP contribution in [0.3, 0.4) is 0 Å². The predicted octanol–water partition coefficient (Wildman–Crippen LogP) is 2.94. The first-order chi connectivity index (χ1) is 10.2. The molecule has 1 aliphatic carbocycles. The molecule has 0 atom stereocenters. The van der Waals surface area contributed by atoms with Gasteiger partial charge in [0.2, 0.25) is 0 Å². The number of imidazole rings is 1. The Balaban J connectivity index is 1.91. The van der Waals surface area contributed by atoms with E-state index in [1.807, 2.05) is 22.9 Å². The van der Waals surface area contributed by atoms with Gasteiger partial charge in [0.05, 0.1) is 17.6 Å². The first-order valence-corrected chi connectivity index (χ1v) is 7.00. The van der Waals surface area contributed by atoms with Crippen LogP contribution in [-0.2, 0) is 4.74 Å². The number of aromatic nitrogens is 2. The molecule has 2 aromatic rings. The maximum atomic E-state index is 11.8. The molecular formula is C16H18N2O3. The molecular weight excluding hydrogens is 268 g/mol. The van der Waals surface area contributed by atoms with E-state index in [2.05, 4.69) is 4.98 Å². The highest BCUT2D eigenvalue weighted by Crippen LogP contribution is 2.39. The fourth-order valence-electron chi connectivity index (χ4n) is 2.27. The summed E-state index contributed by atoms with van der Waals surface area (Å²) in [5, 5.41) is 0. The highest BCUT2D eigenvalue weighted by atomic mass is 16.7. The lowest BCUT2D eigenvalue weighted by Crippen LogP contribution is -2.05. The summed E-state index contributed by atoms with van der Waals surface area (Å²) in [7, 11) is 1.55. The van der Waals surface area contributed by atoms with Crippen LogP contribution in [0.25, 0.3) is 5.69 Å². The van der Waals surface area contributed by atoms with Crippen molar-refractivity contribution < 1.29 is 14.3 Å². The van der Waals surface area contributed by atoms with E-state index in [4.69, 9.17) is 9.47 Å². The van der Waals surface area contributed by atoms with Crippen LogP contribution in [0, 0.1) is 0 Å². The SMILES string of the molecule is COCOc1ccc(-n2cnc(C3CC3)c2)cc1C(C)=O. The average molecular weight is 286 g/mol. The van der Waals surface area contributed by atoms with Crippen molar-refractivity contribution in [1.82, 2.24) is 9.55 Å². The van der Waals surface area contributed by atoms with Crippen molar-refractivity contribution in [2.45, 2.75) is 25.7 Å². The van der Waals surface area contributed by atoms with Gasteiger partial charge in [-0.2, -0.15) is 0 Å². The van der Waals surface area contributed by atoms with Crippen molar-refractivity contribution in [3.63, 3.8) is 0 Å². The Morgan fingerprint density at radius 1 is 1.43 bits per heavy atom. The second-order valence-corrected chi connectivity index (χ2v) is 5.27. The number of methoxy groups -OCH3 is 1. The van der Waals surface area contributed by atoms with Crippen LogP contribution in [0.1, 0.15) is 41.7 Å². The third-order valence-electron chi connectivity index (χ3n) is 3.57. The summed E-state index contributed by atoms with van der Waals surface area (Å²) in [5.74, 6) is 1.11. The Morgan fingerprint density at radius 2 is 2.24 bits per heavy atom. The Labute approximate surface area is 123 Å². The Hall–Kier alpha value is -2.14. The highest BCUT2D eigenvalue weighted by molar-refractivity contribution is 5.97. The van der Waals surface area contributed by atoms with Crippen LogP contribution in [0.15, 0.2) is 30.7 Å². The van der Waals surface area contributed by atoms with Crippen LogP contribution in [0.4, 0.5) is 0 Å². The molecule has 5 nitrogen and oxygen atoms in total. The summed E-state index contributed by atoms with van der Waals surface area (Å²) >= 11 is 0. The summed E-state index contributed by atoms with van der Waals surface area (Å²) in [4.78, 5) is 16.2. The van der Waals surface area contributed by atoms with E-state index in [0.29, 0.717) is 17.2 Å². The molecule has 1 saturated carbocycles. The zero-order valence-corrected chi connectivity index (χ0v) is 12.2. The molecule has 1 aliphatic rings. The van der Waals surface area contributed by atoms with Crippen LogP contribution in [-0.4, -0.2) is 29.2 Å². The van der Waals surface area contributed by atoms with E-state index in [0.717, 1.165) is 11.4 Å². The summed E-state index contributed by atoms with van der Waals surface area (Å²) in [6.45, 7) is 1.65. The summed E-state index contributed by atoms with van der Waals surface area (Å²) in [5.41, 5.74) is 2.58. The molecule has 0 spiro atoms. The Kier molecular flexibility index (Phi) is 3.75. The fourth-order valence-corrected chi connectivity index (χ4v) is 2.27. The average Bonchev–Trinajstić information content (AvgIpc) is 3.22. The number of benzene rings is 1. The zero-order valence-electron chi connectivity index (χ0n) is 12.2. The lowest BCUT2D eigenvalue weighted by molar-refractivity contribution is 0.0503. The van der Waals surface area contributed by atoms with Gasteiger partial charge in [0, 0.05) is 24.9 Å². The van der Waals surface area contributed by atoms with E-state index in [1.165, 1.54) is 19.8 Å². The van der Waals surface area contributed by atoms with Gasteiger partial charge in [-0.15, -0.1) is 0 Å². The van der Waals surface area contributed by atoms with Crippen molar-refractivity contribution in [3.8, 4) is 11.4 Å². The monoisotopic (exact) mass is 286 g/mol. The van der Waals surface area contributed by atoms with Gasteiger partial charge in [-0.25, -0.2) is 4.98 Å². The number of ketones is 1. The van der Waals surface area contributed by atoms with Crippen molar-refractivity contribution in [1.29, 1.82) is 0 Å². The second kappa shape index (κ2) is 5.69. The standard InChI is InChI=1S/C16H18N2O3/c1-11(19)14-7-13(5-6-16(14)21-10-20-2)18-8-15(17-9-18)12-3-4-12/h5-9,12H,3-4,10H2,1-2H3. The number of carbonyl (C=O) groups excluding carboxylic acids is 1. The van der Waals surface area contributed by atoms with E-state index in [9.17, 15) is 4.79 Å². The minimum absolute atomic E-state index is 0.0366. The molecule has 3 rings (SSSR count). The molecule has 5 heteroatoms. The number of rotatable bonds is 6. The summed E-state index contributed by atoms with van der Waals surface area (Å²) in [6.07, 6.45) is 6.27. The van der Waals surface area contributed by atoms with Crippen LogP contribution in [0.2, 0.25) is 0 Å². The molecule has 1 aromatic heterocycles. The number of hydrogen-bond acceptors (Lipinski definition) is 4. The lowest BCUT2D eigenvalue weighted by atomic mass is 10.1. The molecule has 0 radical (unpaired) electrons. The number of hydrogen-bond donors (Lipinski definition) is 0. The van der Waals surface area contributed by atoms with Gasteiger partial charge in [-0.3, -0.25) is 4.79 Å². The van der Waals surface area contributed by atoms with Gasteiger partial charge >= 0.3 is 0 Å². The van der Waals surface area contributed by atoms with Gasteiger partial charge in [0.25, 0.3) is 0 Å². The van der Waals surface area contributed by atoms with Gasteiger partial charge in [-0.05, 0) is 38.0 Å². The normalized spacial score (nSPS) is 14.2. The third-order valence-corrected chi connectivity index (χ3v) is 3.57. The van der Waals surface area contributed by atoms with Crippen molar-refractivity contribution in [2.75, 3.05) is 13.9 Å². The quantitative estimate of drug-likeness (QED) is 0.605. The predicted molar refractivity (Wildman–Crippen MR) is 78.0 cm³/mol. The minimum Gasteiger partial charge on any atom is -0.467 e. The van der Waals surface area contributed by atoms with Gasteiger partial charge in [0.15, 0.2) is 12.6 Å². The molecule has 1 aromatic carbocycles. The molecule has 0 N–H and O–H groups in total. The lowest BCUT2D eigenvalue weighted by Gasteiger charge is -2.11. The number of carbonyl (C=O) groups is 1. The minimum atomic E-state index is -0.0366. The van der Waals surface area contributed by atoms with E-state index >= 15 is 0 Å². The first-order valence-electron chi connectivity index (χ1n) is 7.00. The molecule has 1 heterocycles. The molecule has 21 heavy (non-hydrogen) atoms. The molecule has 0 saturated heterocycles. The fraction of sp³-hybridized carbons (Fsp3) is 0.375. The van der Waals surface area contributed by atoms with E-state index in [1.54, 1.807) is 19.5 Å². The largest absolute Gasteiger partial charge is 0.467 e.